The number of aromatic amines is 1. The standard InChI is InChI=1S/C17H21N3O2S/c1-11-7-12(2)19-16(21)15(11)8-18-17(22)20(14-3-4-14)9-13-5-6-23-10-13/h5-7,10,14H,3-4,8-9H2,1-2H3,(H,18,22)(H,19,21). The average molecular weight is 331 g/mol. The predicted molar refractivity (Wildman–Crippen MR) is 91.7 cm³/mol. The molecule has 0 bridgehead atoms. The van der Waals surface area contributed by atoms with Gasteiger partial charge in [0.1, 0.15) is 0 Å². The van der Waals surface area contributed by atoms with E-state index in [4.69, 9.17) is 0 Å². The lowest BCUT2D eigenvalue weighted by molar-refractivity contribution is 0.191. The first-order valence-electron chi connectivity index (χ1n) is 7.79. The molecule has 3 rings (SSSR count). The minimum absolute atomic E-state index is 0.0990. The number of hydrogen-bond donors (Lipinski definition) is 2. The number of H-pyrrole nitrogens is 1. The molecule has 1 fully saturated rings. The number of carbonyl (C=O) groups excluding carboxylic acids is 1. The molecular weight excluding hydrogens is 310 g/mol. The van der Waals surface area contributed by atoms with Crippen LogP contribution in [0.5, 0.6) is 0 Å². The van der Waals surface area contributed by atoms with E-state index in [1.54, 1.807) is 11.3 Å². The fraction of sp³-hybridized carbons (Fsp3) is 0.412. The van der Waals surface area contributed by atoms with Gasteiger partial charge in [-0.3, -0.25) is 4.79 Å². The van der Waals surface area contributed by atoms with Gasteiger partial charge in [-0.25, -0.2) is 4.79 Å². The topological polar surface area (TPSA) is 65.2 Å². The van der Waals surface area contributed by atoms with Crippen LogP contribution in [-0.2, 0) is 13.1 Å². The Morgan fingerprint density at radius 1 is 1.43 bits per heavy atom. The van der Waals surface area contributed by atoms with Gasteiger partial charge in [-0.2, -0.15) is 11.3 Å². The Kier molecular flexibility index (Phi) is 4.52. The molecule has 122 valence electrons. The Bertz CT molecular complexity index is 748. The summed E-state index contributed by atoms with van der Waals surface area (Å²) in [5, 5.41) is 6.99. The van der Waals surface area contributed by atoms with Gasteiger partial charge in [0.15, 0.2) is 0 Å². The number of thiophene rings is 1. The molecule has 2 amide bonds. The number of nitrogens with zero attached hydrogens (tertiary/aromatic N) is 1. The Morgan fingerprint density at radius 2 is 2.22 bits per heavy atom. The van der Waals surface area contributed by atoms with E-state index in [1.165, 1.54) is 0 Å². The molecule has 0 aromatic carbocycles. The molecule has 6 heteroatoms. The Hall–Kier alpha value is -2.08. The fourth-order valence-corrected chi connectivity index (χ4v) is 3.36. The van der Waals surface area contributed by atoms with E-state index in [2.05, 4.69) is 15.7 Å². The van der Waals surface area contributed by atoms with Gasteiger partial charge in [-0.1, -0.05) is 0 Å². The summed E-state index contributed by atoms with van der Waals surface area (Å²) >= 11 is 1.64. The van der Waals surface area contributed by atoms with Gasteiger partial charge in [0.05, 0.1) is 6.54 Å². The van der Waals surface area contributed by atoms with E-state index in [0.29, 0.717) is 18.2 Å². The zero-order chi connectivity index (χ0) is 16.4. The van der Waals surface area contributed by atoms with Crippen LogP contribution in [-0.4, -0.2) is 22.0 Å². The normalized spacial score (nSPS) is 13.8. The number of nitrogens with one attached hydrogen (secondary N) is 2. The second-order valence-corrected chi connectivity index (χ2v) is 6.87. The van der Waals surface area contributed by atoms with Crippen LogP contribution in [0, 0.1) is 13.8 Å². The van der Waals surface area contributed by atoms with Crippen LogP contribution in [0.3, 0.4) is 0 Å². The second kappa shape index (κ2) is 6.58. The number of rotatable bonds is 5. The molecule has 0 saturated heterocycles. The minimum Gasteiger partial charge on any atom is -0.334 e. The molecule has 2 heterocycles. The summed E-state index contributed by atoms with van der Waals surface area (Å²) < 4.78 is 0. The summed E-state index contributed by atoms with van der Waals surface area (Å²) in [5.74, 6) is 0. The van der Waals surface area contributed by atoms with E-state index in [9.17, 15) is 9.59 Å². The highest BCUT2D eigenvalue weighted by Gasteiger charge is 2.32. The molecule has 0 atom stereocenters. The van der Waals surface area contributed by atoms with E-state index >= 15 is 0 Å². The number of pyridine rings is 1. The zero-order valence-corrected chi connectivity index (χ0v) is 14.2. The summed E-state index contributed by atoms with van der Waals surface area (Å²) in [6.07, 6.45) is 2.11. The van der Waals surface area contributed by atoms with Crippen molar-refractivity contribution in [3.05, 3.63) is 55.6 Å². The maximum atomic E-state index is 12.5. The predicted octanol–water partition coefficient (Wildman–Crippen LogP) is 2.93. The van der Waals surface area contributed by atoms with E-state index in [-0.39, 0.29) is 18.1 Å². The summed E-state index contributed by atoms with van der Waals surface area (Å²) in [4.78, 5) is 29.2. The Balaban J connectivity index is 1.67. The van der Waals surface area contributed by atoms with Gasteiger partial charge in [0.2, 0.25) is 0 Å². The summed E-state index contributed by atoms with van der Waals surface area (Å²) in [6, 6.07) is 4.19. The van der Waals surface area contributed by atoms with Crippen molar-refractivity contribution < 1.29 is 4.79 Å². The lowest BCUT2D eigenvalue weighted by Crippen LogP contribution is -2.41. The van der Waals surface area contributed by atoms with Gasteiger partial charge in [0.25, 0.3) is 5.56 Å². The molecule has 0 unspecified atom stereocenters. The first-order valence-corrected chi connectivity index (χ1v) is 8.74. The average Bonchev–Trinajstić information content (AvgIpc) is 3.19. The molecule has 0 radical (unpaired) electrons. The highest BCUT2D eigenvalue weighted by molar-refractivity contribution is 7.07. The molecular formula is C17H21N3O2S. The van der Waals surface area contributed by atoms with Crippen molar-refractivity contribution in [1.82, 2.24) is 15.2 Å². The molecule has 0 aliphatic heterocycles. The van der Waals surface area contributed by atoms with Gasteiger partial charge in [-0.15, -0.1) is 0 Å². The van der Waals surface area contributed by atoms with Crippen LogP contribution in [0.2, 0.25) is 0 Å². The van der Waals surface area contributed by atoms with Crippen molar-refractivity contribution in [3.8, 4) is 0 Å². The monoisotopic (exact) mass is 331 g/mol. The first-order chi connectivity index (χ1) is 11.0. The number of amides is 2. The van der Waals surface area contributed by atoms with E-state index in [1.807, 2.05) is 36.3 Å². The third-order valence-electron chi connectivity index (χ3n) is 4.09. The van der Waals surface area contributed by atoms with Crippen LogP contribution < -0.4 is 10.9 Å². The van der Waals surface area contributed by atoms with Crippen molar-refractivity contribution in [2.24, 2.45) is 0 Å². The number of hydrogen-bond acceptors (Lipinski definition) is 3. The van der Waals surface area contributed by atoms with Gasteiger partial charge in [0, 0.05) is 23.8 Å². The molecule has 2 aromatic rings. The highest BCUT2D eigenvalue weighted by atomic mass is 32.1. The van der Waals surface area contributed by atoms with Crippen molar-refractivity contribution in [1.29, 1.82) is 0 Å². The highest BCUT2D eigenvalue weighted by Crippen LogP contribution is 2.28. The number of carbonyl (C=O) groups is 1. The molecule has 1 aliphatic rings. The molecule has 0 spiro atoms. The third-order valence-corrected chi connectivity index (χ3v) is 4.82. The Morgan fingerprint density at radius 3 is 2.83 bits per heavy atom. The van der Waals surface area contributed by atoms with Gasteiger partial charge in [-0.05, 0) is 60.7 Å². The first kappa shape index (κ1) is 15.8. The summed E-state index contributed by atoms with van der Waals surface area (Å²) in [6.45, 7) is 4.64. The summed E-state index contributed by atoms with van der Waals surface area (Å²) in [7, 11) is 0. The van der Waals surface area contributed by atoms with Crippen molar-refractivity contribution in [3.63, 3.8) is 0 Å². The zero-order valence-electron chi connectivity index (χ0n) is 13.4. The number of aromatic nitrogens is 1. The SMILES string of the molecule is Cc1cc(C)c(CNC(=O)N(Cc2ccsc2)C2CC2)c(=O)[nH]1. The van der Waals surface area contributed by atoms with Gasteiger partial charge < -0.3 is 15.2 Å². The van der Waals surface area contributed by atoms with Crippen molar-refractivity contribution in [2.45, 2.75) is 45.8 Å². The minimum atomic E-state index is -0.126. The van der Waals surface area contributed by atoms with Crippen LogP contribution in [0.1, 0.15) is 35.2 Å². The van der Waals surface area contributed by atoms with E-state index in [0.717, 1.165) is 29.7 Å². The molecule has 1 aliphatic carbocycles. The largest absolute Gasteiger partial charge is 0.334 e. The Labute approximate surface area is 139 Å². The lowest BCUT2D eigenvalue weighted by atomic mass is 10.1. The van der Waals surface area contributed by atoms with Crippen LogP contribution in [0.4, 0.5) is 4.79 Å². The summed E-state index contributed by atoms with van der Waals surface area (Å²) in [5.41, 5.74) is 3.39. The number of aryl methyl sites for hydroxylation is 2. The lowest BCUT2D eigenvalue weighted by Gasteiger charge is -2.22. The second-order valence-electron chi connectivity index (χ2n) is 6.09. The van der Waals surface area contributed by atoms with Crippen molar-refractivity contribution in [2.75, 3.05) is 0 Å². The third kappa shape index (κ3) is 3.82. The molecule has 5 nitrogen and oxygen atoms in total. The van der Waals surface area contributed by atoms with Crippen LogP contribution in [0.25, 0.3) is 0 Å². The maximum absolute atomic E-state index is 12.5. The van der Waals surface area contributed by atoms with Crippen LogP contribution in [0.15, 0.2) is 27.7 Å². The van der Waals surface area contributed by atoms with E-state index < -0.39 is 0 Å². The molecule has 2 aromatic heterocycles. The maximum Gasteiger partial charge on any atom is 0.318 e. The quantitative estimate of drug-likeness (QED) is 0.885. The molecule has 23 heavy (non-hydrogen) atoms. The molecule has 1 saturated carbocycles. The van der Waals surface area contributed by atoms with Crippen molar-refractivity contribution >= 4 is 17.4 Å². The fourth-order valence-electron chi connectivity index (χ4n) is 2.70. The molecule has 2 N–H and O–H groups in total. The number of urea groups is 1. The van der Waals surface area contributed by atoms with Crippen LogP contribution >= 0.6 is 11.3 Å². The smallest absolute Gasteiger partial charge is 0.318 e. The van der Waals surface area contributed by atoms with Gasteiger partial charge >= 0.3 is 6.03 Å².